The molecular formula is C22H25N3O3S. The molecule has 1 aliphatic heterocycles. The number of nitrogens with one attached hydrogen (secondary N) is 1. The molecule has 0 saturated carbocycles. The second kappa shape index (κ2) is 8.10. The number of hydrogen-bond donors (Lipinski definition) is 1. The maximum atomic E-state index is 12.8. The summed E-state index contributed by atoms with van der Waals surface area (Å²) in [6.07, 6.45) is 1.88. The van der Waals surface area contributed by atoms with E-state index in [4.69, 9.17) is 4.74 Å². The third-order valence-electron chi connectivity index (χ3n) is 5.26. The van der Waals surface area contributed by atoms with Crippen LogP contribution in [0.25, 0.3) is 21.2 Å². The minimum Gasteiger partial charge on any atom is -0.379 e. The molecule has 1 unspecified atom stereocenters. The summed E-state index contributed by atoms with van der Waals surface area (Å²) in [4.78, 5) is 27.8. The van der Waals surface area contributed by atoms with E-state index in [-0.39, 0.29) is 11.5 Å². The van der Waals surface area contributed by atoms with Crippen molar-refractivity contribution in [3.63, 3.8) is 0 Å². The van der Waals surface area contributed by atoms with Gasteiger partial charge in [0.25, 0.3) is 5.56 Å². The number of pyridine rings is 1. The number of fused-ring (bicyclic) bond motifs is 1. The number of morpholine rings is 1. The highest BCUT2D eigenvalue weighted by Crippen LogP contribution is 2.35. The molecule has 2 aromatic heterocycles. The SMILES string of the molecule is CC(=O)Nc1cccc(-c2cn(C)c(=O)c3cc(CN4CCOCC4C)sc23)c1. The fraction of sp³-hybridized carbons (Fsp3) is 0.364. The average Bonchev–Trinajstić information content (AvgIpc) is 3.10. The van der Waals surface area contributed by atoms with Gasteiger partial charge >= 0.3 is 0 Å². The molecule has 6 nitrogen and oxygen atoms in total. The summed E-state index contributed by atoms with van der Waals surface area (Å²) in [6, 6.07) is 10.1. The van der Waals surface area contributed by atoms with Crippen LogP contribution in [0.1, 0.15) is 18.7 Å². The third-order valence-corrected chi connectivity index (χ3v) is 6.41. The maximum absolute atomic E-state index is 12.8. The van der Waals surface area contributed by atoms with E-state index in [9.17, 15) is 9.59 Å². The van der Waals surface area contributed by atoms with E-state index in [0.29, 0.717) is 6.04 Å². The molecule has 3 aromatic rings. The van der Waals surface area contributed by atoms with Crippen molar-refractivity contribution in [1.29, 1.82) is 0 Å². The monoisotopic (exact) mass is 411 g/mol. The summed E-state index contributed by atoms with van der Waals surface area (Å²) < 4.78 is 8.16. The van der Waals surface area contributed by atoms with Gasteiger partial charge in [0, 0.05) is 60.1 Å². The quantitative estimate of drug-likeness (QED) is 0.714. The number of benzene rings is 1. The van der Waals surface area contributed by atoms with Crippen LogP contribution in [-0.2, 0) is 23.1 Å². The Morgan fingerprint density at radius 3 is 2.93 bits per heavy atom. The summed E-state index contributed by atoms with van der Waals surface area (Å²) in [5.41, 5.74) is 2.74. The molecule has 1 aromatic carbocycles. The van der Waals surface area contributed by atoms with Gasteiger partial charge in [-0.3, -0.25) is 14.5 Å². The first-order valence-corrected chi connectivity index (χ1v) is 10.6. The number of nitrogens with zero attached hydrogens (tertiary/aromatic N) is 2. The van der Waals surface area contributed by atoms with Crippen LogP contribution in [0.2, 0.25) is 0 Å². The van der Waals surface area contributed by atoms with Gasteiger partial charge in [-0.25, -0.2) is 0 Å². The largest absolute Gasteiger partial charge is 0.379 e. The van der Waals surface area contributed by atoms with Crippen molar-refractivity contribution in [2.45, 2.75) is 26.4 Å². The lowest BCUT2D eigenvalue weighted by Crippen LogP contribution is -2.42. The highest BCUT2D eigenvalue weighted by molar-refractivity contribution is 7.19. The highest BCUT2D eigenvalue weighted by atomic mass is 32.1. The van der Waals surface area contributed by atoms with E-state index in [1.165, 1.54) is 11.8 Å². The maximum Gasteiger partial charge on any atom is 0.259 e. The number of carbonyl (C=O) groups excluding carboxylic acids is 1. The zero-order valence-electron chi connectivity index (χ0n) is 16.9. The van der Waals surface area contributed by atoms with Gasteiger partial charge in [-0.2, -0.15) is 0 Å². The van der Waals surface area contributed by atoms with Crippen molar-refractivity contribution in [1.82, 2.24) is 9.47 Å². The lowest BCUT2D eigenvalue weighted by atomic mass is 10.1. The van der Waals surface area contributed by atoms with Gasteiger partial charge in [0.15, 0.2) is 0 Å². The number of rotatable bonds is 4. The number of aryl methyl sites for hydroxylation is 1. The van der Waals surface area contributed by atoms with Crippen LogP contribution in [0.4, 0.5) is 5.69 Å². The summed E-state index contributed by atoms with van der Waals surface area (Å²) >= 11 is 1.67. The standard InChI is InChI=1S/C22H25N3O3S/c1-14-13-28-8-7-25(14)11-18-10-19-21(29-18)20(12-24(3)22(19)27)16-5-4-6-17(9-16)23-15(2)26/h4-6,9-10,12,14H,7-8,11,13H2,1-3H3,(H,23,26). The Hall–Kier alpha value is -2.48. The molecule has 1 atom stereocenters. The fourth-order valence-electron chi connectivity index (χ4n) is 3.75. The highest BCUT2D eigenvalue weighted by Gasteiger charge is 2.21. The molecule has 29 heavy (non-hydrogen) atoms. The van der Waals surface area contributed by atoms with Crippen molar-refractivity contribution in [3.8, 4) is 11.1 Å². The van der Waals surface area contributed by atoms with Gasteiger partial charge in [-0.05, 0) is 30.7 Å². The van der Waals surface area contributed by atoms with E-state index in [1.54, 1.807) is 23.0 Å². The summed E-state index contributed by atoms with van der Waals surface area (Å²) in [5.74, 6) is -0.106. The predicted octanol–water partition coefficient (Wildman–Crippen LogP) is 3.45. The Kier molecular flexibility index (Phi) is 5.54. The predicted molar refractivity (Wildman–Crippen MR) is 117 cm³/mol. The molecule has 7 heteroatoms. The lowest BCUT2D eigenvalue weighted by Gasteiger charge is -2.32. The molecule has 0 spiro atoms. The first kappa shape index (κ1) is 19.8. The minimum absolute atomic E-state index is 0.0132. The Morgan fingerprint density at radius 1 is 1.34 bits per heavy atom. The van der Waals surface area contributed by atoms with E-state index >= 15 is 0 Å². The number of thiophene rings is 1. The van der Waals surface area contributed by atoms with Gasteiger partial charge < -0.3 is 14.6 Å². The summed E-state index contributed by atoms with van der Waals surface area (Å²) in [6.45, 7) is 6.88. The smallest absolute Gasteiger partial charge is 0.259 e. The molecule has 0 aliphatic carbocycles. The Labute approximate surface area is 173 Å². The summed E-state index contributed by atoms with van der Waals surface area (Å²) in [7, 11) is 1.78. The first-order chi connectivity index (χ1) is 13.9. The molecule has 1 fully saturated rings. The number of hydrogen-bond acceptors (Lipinski definition) is 5. The molecule has 0 bridgehead atoms. The molecule has 1 aliphatic rings. The number of amides is 1. The van der Waals surface area contributed by atoms with Crippen LogP contribution in [0.3, 0.4) is 0 Å². The molecule has 152 valence electrons. The van der Waals surface area contributed by atoms with Crippen molar-refractivity contribution in [2.75, 3.05) is 25.1 Å². The molecule has 1 N–H and O–H groups in total. The van der Waals surface area contributed by atoms with Crippen molar-refractivity contribution >= 4 is 33.0 Å². The van der Waals surface area contributed by atoms with Crippen LogP contribution < -0.4 is 10.9 Å². The van der Waals surface area contributed by atoms with Crippen LogP contribution in [-0.4, -0.2) is 41.2 Å². The zero-order chi connectivity index (χ0) is 20.5. The van der Waals surface area contributed by atoms with Crippen molar-refractivity contribution < 1.29 is 9.53 Å². The van der Waals surface area contributed by atoms with E-state index in [0.717, 1.165) is 53.2 Å². The number of anilines is 1. The van der Waals surface area contributed by atoms with Gasteiger partial charge in [0.1, 0.15) is 0 Å². The number of ether oxygens (including phenoxy) is 1. The van der Waals surface area contributed by atoms with Crippen LogP contribution >= 0.6 is 11.3 Å². The van der Waals surface area contributed by atoms with Gasteiger partial charge in [-0.15, -0.1) is 11.3 Å². The third kappa shape index (κ3) is 4.12. The van der Waals surface area contributed by atoms with Gasteiger partial charge in [-0.1, -0.05) is 12.1 Å². The lowest BCUT2D eigenvalue weighted by molar-refractivity contribution is -0.114. The van der Waals surface area contributed by atoms with E-state index < -0.39 is 0 Å². The molecule has 1 amide bonds. The molecular weight excluding hydrogens is 386 g/mol. The molecule has 1 saturated heterocycles. The Balaban J connectivity index is 1.77. The van der Waals surface area contributed by atoms with Gasteiger partial charge in [0.2, 0.25) is 5.91 Å². The second-order valence-electron chi connectivity index (χ2n) is 7.57. The second-order valence-corrected chi connectivity index (χ2v) is 8.71. The minimum atomic E-state index is -0.106. The van der Waals surface area contributed by atoms with Gasteiger partial charge in [0.05, 0.1) is 18.6 Å². The Morgan fingerprint density at radius 2 is 2.17 bits per heavy atom. The van der Waals surface area contributed by atoms with Crippen molar-refractivity contribution in [2.24, 2.45) is 7.05 Å². The number of carbonyl (C=O) groups is 1. The first-order valence-electron chi connectivity index (χ1n) is 9.74. The molecule has 0 radical (unpaired) electrons. The Bertz CT molecular complexity index is 1120. The summed E-state index contributed by atoms with van der Waals surface area (Å²) in [5, 5.41) is 3.58. The fourth-order valence-corrected chi connectivity index (χ4v) is 4.96. The number of aromatic nitrogens is 1. The average molecular weight is 412 g/mol. The zero-order valence-corrected chi connectivity index (χ0v) is 17.7. The van der Waals surface area contributed by atoms with Crippen molar-refractivity contribution in [3.05, 3.63) is 51.8 Å². The van der Waals surface area contributed by atoms with Crippen LogP contribution in [0, 0.1) is 0 Å². The normalized spacial score (nSPS) is 17.6. The van der Waals surface area contributed by atoms with E-state index in [1.807, 2.05) is 36.5 Å². The topological polar surface area (TPSA) is 63.6 Å². The molecule has 3 heterocycles. The molecule has 4 rings (SSSR count). The van der Waals surface area contributed by atoms with E-state index in [2.05, 4.69) is 17.1 Å². The van der Waals surface area contributed by atoms with Crippen LogP contribution in [0.15, 0.2) is 41.3 Å². The van der Waals surface area contributed by atoms with Crippen LogP contribution in [0.5, 0.6) is 0 Å².